The molecule has 8 heteroatoms. The molecule has 0 unspecified atom stereocenters. The zero-order chi connectivity index (χ0) is 23.8. The summed E-state index contributed by atoms with van der Waals surface area (Å²) < 4.78 is 31.1. The molecule has 1 fully saturated rings. The number of methoxy groups -OCH3 is 1. The molecule has 182 valence electrons. The van der Waals surface area contributed by atoms with Crippen molar-refractivity contribution in [1.29, 1.82) is 0 Å². The van der Waals surface area contributed by atoms with E-state index in [1.165, 1.54) is 6.07 Å². The van der Waals surface area contributed by atoms with Gasteiger partial charge in [0, 0.05) is 37.9 Å². The fourth-order valence-corrected chi connectivity index (χ4v) is 4.09. The highest BCUT2D eigenvalue weighted by Crippen LogP contribution is 2.27. The number of aromatic amines is 1. The first-order valence-corrected chi connectivity index (χ1v) is 11.8. The van der Waals surface area contributed by atoms with Gasteiger partial charge in [0.05, 0.1) is 37.8 Å². The van der Waals surface area contributed by atoms with Gasteiger partial charge in [-0.25, -0.2) is 4.39 Å². The zero-order valence-electron chi connectivity index (χ0n) is 19.6. The van der Waals surface area contributed by atoms with Crippen LogP contribution in [0.15, 0.2) is 47.4 Å². The molecule has 0 saturated carbocycles. The number of aromatic nitrogens is 1. The van der Waals surface area contributed by atoms with Crippen molar-refractivity contribution in [2.24, 2.45) is 0 Å². The maximum Gasteiger partial charge on any atom is 0.200 e. The lowest BCUT2D eigenvalue weighted by Crippen LogP contribution is -2.40. The molecule has 2 N–H and O–H groups in total. The summed E-state index contributed by atoms with van der Waals surface area (Å²) >= 11 is 0. The largest absolute Gasteiger partial charge is 0.497 e. The molecule has 1 aliphatic rings. The lowest BCUT2D eigenvalue weighted by atomic mass is 10.0. The summed E-state index contributed by atoms with van der Waals surface area (Å²) in [6.45, 7) is 7.06. The number of hydrogen-bond acceptors (Lipinski definition) is 6. The minimum atomic E-state index is -0.566. The fourth-order valence-electron chi connectivity index (χ4n) is 4.09. The average molecular weight is 470 g/mol. The van der Waals surface area contributed by atoms with E-state index in [4.69, 9.17) is 14.2 Å². The Bertz CT molecular complexity index is 1130. The molecular weight excluding hydrogens is 437 g/mol. The SMILES string of the molecule is COc1ccc(-c2c[nH]c3c(OCCCCNCCN4CCOCC4)ccc(F)c3c2=O)cc1. The smallest absolute Gasteiger partial charge is 0.200 e. The molecule has 0 bridgehead atoms. The van der Waals surface area contributed by atoms with E-state index in [9.17, 15) is 9.18 Å². The summed E-state index contributed by atoms with van der Waals surface area (Å²) in [5, 5.41) is 3.47. The molecule has 1 saturated heterocycles. The van der Waals surface area contributed by atoms with Crippen LogP contribution in [-0.2, 0) is 4.74 Å². The second-order valence-electron chi connectivity index (χ2n) is 8.32. The number of hydrogen-bond donors (Lipinski definition) is 2. The first-order chi connectivity index (χ1) is 16.7. The number of pyridine rings is 1. The lowest BCUT2D eigenvalue weighted by Gasteiger charge is -2.26. The minimum absolute atomic E-state index is 0.00981. The Labute approximate surface area is 198 Å². The highest BCUT2D eigenvalue weighted by Gasteiger charge is 2.15. The number of unbranched alkanes of at least 4 members (excludes halogenated alkanes) is 1. The van der Waals surface area contributed by atoms with Crippen molar-refractivity contribution in [3.63, 3.8) is 0 Å². The molecule has 0 atom stereocenters. The van der Waals surface area contributed by atoms with Crippen LogP contribution < -0.4 is 20.2 Å². The van der Waals surface area contributed by atoms with E-state index in [-0.39, 0.29) is 10.8 Å². The number of ether oxygens (including phenoxy) is 3. The van der Waals surface area contributed by atoms with E-state index < -0.39 is 5.82 Å². The molecule has 1 aliphatic heterocycles. The van der Waals surface area contributed by atoms with Gasteiger partial charge < -0.3 is 24.5 Å². The third-order valence-electron chi connectivity index (χ3n) is 6.06. The first-order valence-electron chi connectivity index (χ1n) is 11.8. The molecule has 4 rings (SSSR count). The molecule has 0 spiro atoms. The van der Waals surface area contributed by atoms with E-state index in [2.05, 4.69) is 15.2 Å². The number of morpholine rings is 1. The molecule has 0 aliphatic carbocycles. The van der Waals surface area contributed by atoms with Gasteiger partial charge in [-0.15, -0.1) is 0 Å². The molecule has 34 heavy (non-hydrogen) atoms. The molecule has 2 heterocycles. The van der Waals surface area contributed by atoms with Gasteiger partial charge in [0.15, 0.2) is 5.43 Å². The van der Waals surface area contributed by atoms with E-state index in [1.807, 2.05) is 0 Å². The predicted molar refractivity (Wildman–Crippen MR) is 131 cm³/mol. The molecular formula is C26H32FN3O4. The quantitative estimate of drug-likeness (QED) is 0.419. The van der Waals surface area contributed by atoms with Gasteiger partial charge >= 0.3 is 0 Å². The van der Waals surface area contributed by atoms with Crippen molar-refractivity contribution in [3.8, 4) is 22.6 Å². The summed E-state index contributed by atoms with van der Waals surface area (Å²) in [6.07, 6.45) is 3.44. The monoisotopic (exact) mass is 469 g/mol. The number of rotatable bonds is 11. The Morgan fingerprint density at radius 3 is 2.65 bits per heavy atom. The number of nitrogens with zero attached hydrogens (tertiary/aromatic N) is 1. The second-order valence-corrected chi connectivity index (χ2v) is 8.32. The van der Waals surface area contributed by atoms with E-state index >= 15 is 0 Å². The predicted octanol–water partition coefficient (Wildman–Crippen LogP) is 3.42. The summed E-state index contributed by atoms with van der Waals surface area (Å²) in [4.78, 5) is 18.6. The van der Waals surface area contributed by atoms with Crippen molar-refractivity contribution in [2.75, 3.05) is 59.7 Å². The summed E-state index contributed by atoms with van der Waals surface area (Å²) in [7, 11) is 1.58. The molecule has 2 aromatic carbocycles. The van der Waals surface area contributed by atoms with Gasteiger partial charge in [0.1, 0.15) is 17.3 Å². The highest BCUT2D eigenvalue weighted by molar-refractivity contribution is 5.88. The molecule has 1 aromatic heterocycles. The van der Waals surface area contributed by atoms with Crippen molar-refractivity contribution in [2.45, 2.75) is 12.8 Å². The van der Waals surface area contributed by atoms with Crippen molar-refractivity contribution < 1.29 is 18.6 Å². The van der Waals surface area contributed by atoms with Crippen LogP contribution in [0.2, 0.25) is 0 Å². The van der Waals surface area contributed by atoms with Crippen molar-refractivity contribution in [3.05, 3.63) is 58.6 Å². The van der Waals surface area contributed by atoms with Gasteiger partial charge in [-0.3, -0.25) is 9.69 Å². The van der Waals surface area contributed by atoms with E-state index in [1.54, 1.807) is 43.6 Å². The Kier molecular flexibility index (Phi) is 8.51. The minimum Gasteiger partial charge on any atom is -0.497 e. The van der Waals surface area contributed by atoms with Crippen LogP contribution in [0.3, 0.4) is 0 Å². The van der Waals surface area contributed by atoms with Crippen LogP contribution in [0.25, 0.3) is 22.0 Å². The summed E-state index contributed by atoms with van der Waals surface area (Å²) in [5.74, 6) is 0.605. The zero-order valence-corrected chi connectivity index (χ0v) is 19.6. The summed E-state index contributed by atoms with van der Waals surface area (Å²) in [6, 6.07) is 9.96. The summed E-state index contributed by atoms with van der Waals surface area (Å²) in [5.41, 5.74) is 1.10. The van der Waals surface area contributed by atoms with Crippen molar-refractivity contribution >= 4 is 10.9 Å². The number of nitrogens with one attached hydrogen (secondary N) is 2. The van der Waals surface area contributed by atoms with Crippen LogP contribution in [0.1, 0.15) is 12.8 Å². The number of H-pyrrole nitrogens is 1. The maximum absolute atomic E-state index is 14.6. The Morgan fingerprint density at radius 2 is 1.88 bits per heavy atom. The third kappa shape index (κ3) is 5.94. The van der Waals surface area contributed by atoms with Crippen molar-refractivity contribution in [1.82, 2.24) is 15.2 Å². The van der Waals surface area contributed by atoms with Crippen LogP contribution in [0.5, 0.6) is 11.5 Å². The molecule has 3 aromatic rings. The second kappa shape index (κ2) is 12.0. The highest BCUT2D eigenvalue weighted by atomic mass is 19.1. The van der Waals surface area contributed by atoms with Gasteiger partial charge in [-0.1, -0.05) is 12.1 Å². The first kappa shape index (κ1) is 24.2. The Balaban J connectivity index is 1.31. The van der Waals surface area contributed by atoms with Gasteiger partial charge in [0.25, 0.3) is 0 Å². The Hall–Kier alpha value is -2.94. The van der Waals surface area contributed by atoms with Crippen LogP contribution >= 0.6 is 0 Å². The molecule has 7 nitrogen and oxygen atoms in total. The van der Waals surface area contributed by atoms with Crippen LogP contribution in [0.4, 0.5) is 4.39 Å². The number of halogens is 1. The molecule has 0 radical (unpaired) electrons. The maximum atomic E-state index is 14.6. The van der Waals surface area contributed by atoms with Crippen LogP contribution in [0, 0.1) is 5.82 Å². The number of benzene rings is 2. The van der Waals surface area contributed by atoms with Gasteiger partial charge in [-0.05, 0) is 49.2 Å². The van der Waals surface area contributed by atoms with E-state index in [0.717, 1.165) is 58.8 Å². The van der Waals surface area contributed by atoms with E-state index in [0.29, 0.717) is 34.7 Å². The van der Waals surface area contributed by atoms with Crippen LogP contribution in [-0.4, -0.2) is 69.5 Å². The number of fused-ring (bicyclic) bond motifs is 1. The normalized spacial score (nSPS) is 14.4. The topological polar surface area (TPSA) is 75.8 Å². The molecule has 0 amide bonds. The standard InChI is InChI=1S/C26H32FN3O4/c1-32-20-6-4-19(5-7-20)21-18-29-25-23(9-8-22(27)24(25)26(21)31)34-15-3-2-10-28-11-12-30-13-16-33-17-14-30/h4-9,18,28H,2-3,10-17H2,1H3,(H,29,31). The third-order valence-corrected chi connectivity index (χ3v) is 6.06. The lowest BCUT2D eigenvalue weighted by molar-refractivity contribution is 0.0384. The average Bonchev–Trinajstić information content (AvgIpc) is 2.87. The van der Waals surface area contributed by atoms with Gasteiger partial charge in [0.2, 0.25) is 0 Å². The fraction of sp³-hybridized carbons (Fsp3) is 0.423. The Morgan fingerprint density at radius 1 is 1.09 bits per heavy atom. The van der Waals surface area contributed by atoms with Gasteiger partial charge in [-0.2, -0.15) is 0 Å².